The number of ether oxygens (including phenoxy) is 1. The lowest BCUT2D eigenvalue weighted by Gasteiger charge is -2.19. The Morgan fingerprint density at radius 2 is 1.73 bits per heavy atom. The van der Waals surface area contributed by atoms with Crippen molar-refractivity contribution in [2.24, 2.45) is 11.0 Å². The van der Waals surface area contributed by atoms with Crippen LogP contribution >= 0.6 is 23.2 Å². The van der Waals surface area contributed by atoms with Crippen molar-refractivity contribution in [3.63, 3.8) is 0 Å². The molecule has 3 aromatic carbocycles. The molecule has 9 heteroatoms. The maximum absolute atomic E-state index is 13.1. The molecule has 0 aliphatic rings. The van der Waals surface area contributed by atoms with Crippen LogP contribution in [-0.4, -0.2) is 35.2 Å². The Morgan fingerprint density at radius 1 is 1.00 bits per heavy atom. The van der Waals surface area contributed by atoms with Gasteiger partial charge >= 0.3 is 0 Å². The maximum Gasteiger partial charge on any atom is 0.262 e. The number of aryl methyl sites for hydroxylation is 1. The van der Waals surface area contributed by atoms with Crippen LogP contribution in [0.2, 0.25) is 10.0 Å². The second-order valence-electron chi connectivity index (χ2n) is 10.4. The molecule has 4 rings (SSSR count). The van der Waals surface area contributed by atoms with E-state index in [9.17, 15) is 9.59 Å². The Kier molecular flexibility index (Phi) is 10.1. The molecule has 0 spiro atoms. The van der Waals surface area contributed by atoms with Crippen LogP contribution < -0.4 is 15.5 Å². The van der Waals surface area contributed by atoms with Gasteiger partial charge in [0.15, 0.2) is 6.61 Å². The number of fused-ring (bicyclic) bond motifs is 1. The second kappa shape index (κ2) is 13.7. The average molecular weight is 594 g/mol. The van der Waals surface area contributed by atoms with Gasteiger partial charge in [-0.3, -0.25) is 9.59 Å². The minimum absolute atomic E-state index is 0.175. The molecule has 1 atom stereocenters. The summed E-state index contributed by atoms with van der Waals surface area (Å²) in [5.74, 6) is 0.0374. The molecule has 1 heterocycles. The van der Waals surface area contributed by atoms with Gasteiger partial charge in [0, 0.05) is 28.7 Å². The first kappa shape index (κ1) is 30.2. The highest BCUT2D eigenvalue weighted by molar-refractivity contribution is 6.42. The van der Waals surface area contributed by atoms with Crippen LogP contribution in [0.3, 0.4) is 0 Å². The number of aromatic nitrogens is 1. The Labute approximate surface area is 250 Å². The minimum Gasteiger partial charge on any atom is -0.484 e. The summed E-state index contributed by atoms with van der Waals surface area (Å²) in [6, 6.07) is 20.3. The SMILES string of the molecule is Cc1ccccc1OCC(=O)N[C@H](CC(C)C)C(=O)N/N=C\c1c(C)n(Cc2ccc(Cl)c(Cl)c2)c2ccccc12. The average Bonchev–Trinajstić information content (AvgIpc) is 3.20. The largest absolute Gasteiger partial charge is 0.484 e. The maximum atomic E-state index is 13.1. The molecule has 0 radical (unpaired) electrons. The summed E-state index contributed by atoms with van der Waals surface area (Å²) < 4.78 is 7.82. The van der Waals surface area contributed by atoms with Gasteiger partial charge in [-0.2, -0.15) is 5.10 Å². The lowest BCUT2D eigenvalue weighted by Crippen LogP contribution is -2.47. The third-order valence-electron chi connectivity index (χ3n) is 6.78. The van der Waals surface area contributed by atoms with Gasteiger partial charge in [-0.25, -0.2) is 5.43 Å². The molecule has 4 aromatic rings. The first-order valence-corrected chi connectivity index (χ1v) is 14.2. The summed E-state index contributed by atoms with van der Waals surface area (Å²) in [6.45, 7) is 8.31. The molecule has 7 nitrogen and oxygen atoms in total. The number of nitrogens with one attached hydrogen (secondary N) is 2. The van der Waals surface area contributed by atoms with E-state index in [-0.39, 0.29) is 18.4 Å². The van der Waals surface area contributed by atoms with E-state index in [1.54, 1.807) is 18.3 Å². The van der Waals surface area contributed by atoms with Crippen molar-refractivity contribution in [3.05, 3.63) is 99.2 Å². The normalized spacial score (nSPS) is 12.2. The van der Waals surface area contributed by atoms with E-state index < -0.39 is 11.9 Å². The van der Waals surface area contributed by atoms with Gasteiger partial charge in [-0.1, -0.05) is 79.5 Å². The molecule has 1 aromatic heterocycles. The molecule has 0 fully saturated rings. The van der Waals surface area contributed by atoms with Crippen molar-refractivity contribution < 1.29 is 14.3 Å². The van der Waals surface area contributed by atoms with Crippen LogP contribution in [0, 0.1) is 19.8 Å². The molecule has 0 saturated carbocycles. The van der Waals surface area contributed by atoms with Gasteiger partial charge in [0.05, 0.1) is 16.3 Å². The number of amides is 2. The number of carbonyl (C=O) groups is 2. The zero-order chi connectivity index (χ0) is 29.5. The zero-order valence-corrected chi connectivity index (χ0v) is 25.1. The predicted molar refractivity (Wildman–Crippen MR) is 166 cm³/mol. The molecule has 41 heavy (non-hydrogen) atoms. The monoisotopic (exact) mass is 592 g/mol. The van der Waals surface area contributed by atoms with Crippen molar-refractivity contribution in [3.8, 4) is 5.75 Å². The summed E-state index contributed by atoms with van der Waals surface area (Å²) in [7, 11) is 0. The van der Waals surface area contributed by atoms with Crippen LogP contribution in [0.15, 0.2) is 71.8 Å². The number of hydrogen-bond acceptors (Lipinski definition) is 4. The molecular weight excluding hydrogens is 559 g/mol. The Hall–Kier alpha value is -3.81. The molecule has 2 amide bonds. The molecule has 0 aliphatic carbocycles. The Morgan fingerprint density at radius 3 is 2.46 bits per heavy atom. The summed E-state index contributed by atoms with van der Waals surface area (Å²) in [5, 5.41) is 9.10. The van der Waals surface area contributed by atoms with E-state index in [1.807, 2.05) is 82.3 Å². The van der Waals surface area contributed by atoms with Crippen LogP contribution in [0.5, 0.6) is 5.75 Å². The van der Waals surface area contributed by atoms with Gasteiger partial charge in [-0.15, -0.1) is 0 Å². The Bertz CT molecular complexity index is 1580. The number of hydrazone groups is 1. The molecule has 214 valence electrons. The minimum atomic E-state index is -0.753. The quantitative estimate of drug-likeness (QED) is 0.150. The van der Waals surface area contributed by atoms with E-state index >= 15 is 0 Å². The third kappa shape index (κ3) is 7.69. The molecule has 0 saturated heterocycles. The fourth-order valence-corrected chi connectivity index (χ4v) is 5.00. The van der Waals surface area contributed by atoms with Gasteiger partial charge < -0.3 is 14.6 Å². The summed E-state index contributed by atoms with van der Waals surface area (Å²) in [4.78, 5) is 25.7. The van der Waals surface area contributed by atoms with Crippen molar-refractivity contribution in [2.75, 3.05) is 6.61 Å². The summed E-state index contributed by atoms with van der Waals surface area (Å²) in [5.41, 5.74) is 7.46. The molecule has 0 aliphatic heterocycles. The smallest absolute Gasteiger partial charge is 0.262 e. The van der Waals surface area contributed by atoms with Gasteiger partial charge in [0.1, 0.15) is 11.8 Å². The third-order valence-corrected chi connectivity index (χ3v) is 7.52. The fraction of sp³-hybridized carbons (Fsp3) is 0.281. The van der Waals surface area contributed by atoms with E-state index in [4.69, 9.17) is 27.9 Å². The van der Waals surface area contributed by atoms with Crippen LogP contribution in [0.25, 0.3) is 10.9 Å². The van der Waals surface area contributed by atoms with Crippen molar-refractivity contribution in [2.45, 2.75) is 46.7 Å². The predicted octanol–water partition coefficient (Wildman–Crippen LogP) is 6.67. The zero-order valence-electron chi connectivity index (χ0n) is 23.6. The van der Waals surface area contributed by atoms with E-state index in [2.05, 4.69) is 20.4 Å². The molecule has 0 unspecified atom stereocenters. The molecular formula is C32H34Cl2N4O3. The number of rotatable bonds is 11. The van der Waals surface area contributed by atoms with Gasteiger partial charge in [-0.05, 0) is 61.6 Å². The first-order valence-electron chi connectivity index (χ1n) is 13.5. The highest BCUT2D eigenvalue weighted by atomic mass is 35.5. The van der Waals surface area contributed by atoms with Crippen molar-refractivity contribution in [1.29, 1.82) is 0 Å². The number of halogens is 2. The van der Waals surface area contributed by atoms with Crippen LogP contribution in [-0.2, 0) is 16.1 Å². The lowest BCUT2D eigenvalue weighted by atomic mass is 10.0. The van der Waals surface area contributed by atoms with Crippen LogP contribution in [0.1, 0.15) is 42.7 Å². The number of nitrogens with zero attached hydrogens (tertiary/aromatic N) is 2. The summed E-state index contributed by atoms with van der Waals surface area (Å²) >= 11 is 12.3. The highest BCUT2D eigenvalue weighted by Gasteiger charge is 2.22. The van der Waals surface area contributed by atoms with Crippen molar-refractivity contribution >= 4 is 52.1 Å². The van der Waals surface area contributed by atoms with E-state index in [0.29, 0.717) is 28.8 Å². The van der Waals surface area contributed by atoms with Crippen LogP contribution in [0.4, 0.5) is 0 Å². The van der Waals surface area contributed by atoms with Crippen molar-refractivity contribution in [1.82, 2.24) is 15.3 Å². The van der Waals surface area contributed by atoms with Gasteiger partial charge in [0.2, 0.25) is 0 Å². The number of para-hydroxylation sites is 2. The number of hydrogen-bond donors (Lipinski definition) is 2. The summed E-state index contributed by atoms with van der Waals surface area (Å²) in [6.07, 6.45) is 2.11. The first-order chi connectivity index (χ1) is 19.6. The Balaban J connectivity index is 1.47. The number of carbonyl (C=O) groups excluding carboxylic acids is 2. The second-order valence-corrected chi connectivity index (χ2v) is 11.2. The van der Waals surface area contributed by atoms with Gasteiger partial charge in [0.25, 0.3) is 11.8 Å². The van der Waals surface area contributed by atoms with E-state index in [1.165, 1.54) is 0 Å². The molecule has 0 bridgehead atoms. The van der Waals surface area contributed by atoms with E-state index in [0.717, 1.165) is 33.3 Å². The lowest BCUT2D eigenvalue weighted by molar-refractivity contribution is -0.130. The topological polar surface area (TPSA) is 84.7 Å². The fourth-order valence-electron chi connectivity index (χ4n) is 4.68. The highest BCUT2D eigenvalue weighted by Crippen LogP contribution is 2.28. The standard InChI is InChI=1S/C32H34Cl2N4O3/c1-20(2)15-28(36-31(39)19-41-30-12-8-5-9-21(30)3)32(40)37-35-17-25-22(4)38(29-11-7-6-10-24(25)29)18-23-13-14-26(33)27(34)16-23/h5-14,16-17,20,28H,15,18-19H2,1-4H3,(H,36,39)(H,37,40)/b35-17-/t28-/m1/s1. The molecule has 2 N–H and O–H groups in total. The number of benzene rings is 3.